The molecule has 3 nitrogen and oxygen atoms in total. The van der Waals surface area contributed by atoms with Gasteiger partial charge in [-0.05, 0) is 87.7 Å². The van der Waals surface area contributed by atoms with Gasteiger partial charge in [0.1, 0.15) is 0 Å². The Morgan fingerprint density at radius 2 is 1.63 bits per heavy atom. The van der Waals surface area contributed by atoms with E-state index in [1.807, 2.05) is 0 Å². The maximum Gasteiger partial charge on any atom is 0.0236 e. The number of likely N-dealkylation sites (N-methyl/N-ethyl adjacent to an activating group) is 1. The van der Waals surface area contributed by atoms with Crippen LogP contribution in [0.3, 0.4) is 0 Å². The summed E-state index contributed by atoms with van der Waals surface area (Å²) in [5.74, 6) is 2.67. The second-order valence-electron chi connectivity index (χ2n) is 11.0. The van der Waals surface area contributed by atoms with Crippen molar-refractivity contribution in [3.63, 3.8) is 0 Å². The third-order valence-electron chi connectivity index (χ3n) is 9.11. The second-order valence-corrected chi connectivity index (χ2v) is 11.0. The standard InChI is InChI=1S/C27H43N3/c1-3-29-20-23-9-5-4-6-12-26(23)27(21-29,24-10-7-8-11-24)25-13-15-30(16-14-25)19-22-17-28(2)18-22/h5-6,9,12,22,24-25H,3-4,7-8,10-11,13-21H2,1-2H3/t27-/m1/s1. The lowest BCUT2D eigenvalue weighted by Gasteiger charge is -2.54. The third kappa shape index (κ3) is 3.87. The van der Waals surface area contributed by atoms with Crippen LogP contribution >= 0.6 is 0 Å². The smallest absolute Gasteiger partial charge is 0.0236 e. The molecule has 0 aromatic rings. The molecule has 3 heterocycles. The molecule has 0 amide bonds. The summed E-state index contributed by atoms with van der Waals surface area (Å²) in [5.41, 5.74) is 3.80. The van der Waals surface area contributed by atoms with E-state index in [2.05, 4.69) is 53.0 Å². The average molecular weight is 410 g/mol. The van der Waals surface area contributed by atoms with Crippen molar-refractivity contribution in [3.8, 4) is 0 Å². The number of likely N-dealkylation sites (tertiary alicyclic amines) is 2. The van der Waals surface area contributed by atoms with Gasteiger partial charge in [0.05, 0.1) is 0 Å². The average Bonchev–Trinajstić information content (AvgIpc) is 3.18. The zero-order chi connectivity index (χ0) is 20.6. The largest absolute Gasteiger partial charge is 0.306 e. The highest BCUT2D eigenvalue weighted by molar-refractivity contribution is 5.45. The molecular formula is C27H43N3. The molecule has 0 N–H and O–H groups in total. The fourth-order valence-electron chi connectivity index (χ4n) is 7.65. The van der Waals surface area contributed by atoms with Gasteiger partial charge in [-0.3, -0.25) is 4.90 Å². The minimum Gasteiger partial charge on any atom is -0.306 e. The van der Waals surface area contributed by atoms with Gasteiger partial charge in [-0.15, -0.1) is 0 Å². The predicted octanol–water partition coefficient (Wildman–Crippen LogP) is 4.58. The van der Waals surface area contributed by atoms with Gasteiger partial charge < -0.3 is 9.80 Å². The van der Waals surface area contributed by atoms with Crippen LogP contribution in [-0.2, 0) is 0 Å². The first kappa shape index (κ1) is 21.0. The van der Waals surface area contributed by atoms with E-state index < -0.39 is 0 Å². The van der Waals surface area contributed by atoms with Crippen molar-refractivity contribution in [3.05, 3.63) is 35.5 Å². The number of hydrogen-bond donors (Lipinski definition) is 0. The highest BCUT2D eigenvalue weighted by atomic mass is 15.2. The summed E-state index contributed by atoms with van der Waals surface area (Å²) < 4.78 is 0. The fraction of sp³-hybridized carbons (Fsp3) is 0.778. The molecule has 3 aliphatic heterocycles. The molecule has 0 spiro atoms. The monoisotopic (exact) mass is 409 g/mol. The van der Waals surface area contributed by atoms with E-state index in [9.17, 15) is 0 Å². The van der Waals surface area contributed by atoms with Crippen LogP contribution in [0.4, 0.5) is 0 Å². The minimum absolute atomic E-state index is 0.397. The molecule has 2 saturated heterocycles. The van der Waals surface area contributed by atoms with Crippen LogP contribution in [0.2, 0.25) is 0 Å². The zero-order valence-corrected chi connectivity index (χ0v) is 19.5. The zero-order valence-electron chi connectivity index (χ0n) is 19.5. The quantitative estimate of drug-likeness (QED) is 0.658. The van der Waals surface area contributed by atoms with Crippen LogP contribution < -0.4 is 0 Å². The SMILES string of the molecule is CCN1CC2=C(C=CCC=C2)[C@](C2CCCC2)(C2CCN(CC3CN(C)C3)CC2)C1. The van der Waals surface area contributed by atoms with E-state index in [0.717, 1.165) is 30.7 Å². The normalized spacial score (nSPS) is 33.1. The van der Waals surface area contributed by atoms with Crippen LogP contribution in [0.1, 0.15) is 51.9 Å². The van der Waals surface area contributed by atoms with Crippen molar-refractivity contribution in [2.24, 2.45) is 23.2 Å². The molecule has 3 fully saturated rings. The maximum atomic E-state index is 2.80. The summed E-state index contributed by atoms with van der Waals surface area (Å²) >= 11 is 0. The molecule has 1 saturated carbocycles. The summed E-state index contributed by atoms with van der Waals surface area (Å²) in [6.07, 6.45) is 19.7. The number of rotatable bonds is 5. The van der Waals surface area contributed by atoms with Crippen molar-refractivity contribution in [1.29, 1.82) is 0 Å². The van der Waals surface area contributed by atoms with E-state index in [1.165, 1.54) is 84.3 Å². The highest BCUT2D eigenvalue weighted by Gasteiger charge is 2.51. The summed E-state index contributed by atoms with van der Waals surface area (Å²) in [6, 6.07) is 0. The van der Waals surface area contributed by atoms with Gasteiger partial charge in [0.2, 0.25) is 0 Å². The Balaban J connectivity index is 1.41. The molecule has 0 radical (unpaired) electrons. The molecule has 2 aliphatic carbocycles. The fourth-order valence-corrected chi connectivity index (χ4v) is 7.65. The number of nitrogens with zero attached hydrogens (tertiary/aromatic N) is 3. The topological polar surface area (TPSA) is 9.72 Å². The van der Waals surface area contributed by atoms with Gasteiger partial charge >= 0.3 is 0 Å². The van der Waals surface area contributed by atoms with E-state index in [1.54, 1.807) is 11.1 Å². The van der Waals surface area contributed by atoms with E-state index in [0.29, 0.717) is 5.41 Å². The Kier molecular flexibility index (Phi) is 6.24. The van der Waals surface area contributed by atoms with Gasteiger partial charge in [-0.25, -0.2) is 0 Å². The molecule has 0 aromatic heterocycles. The predicted molar refractivity (Wildman–Crippen MR) is 127 cm³/mol. The van der Waals surface area contributed by atoms with Gasteiger partial charge in [0, 0.05) is 38.1 Å². The molecule has 3 heteroatoms. The second kappa shape index (κ2) is 8.92. The van der Waals surface area contributed by atoms with Gasteiger partial charge in [0.25, 0.3) is 0 Å². The molecule has 1 atom stereocenters. The van der Waals surface area contributed by atoms with Crippen molar-refractivity contribution in [2.45, 2.75) is 51.9 Å². The molecule has 5 rings (SSSR count). The molecule has 0 unspecified atom stereocenters. The van der Waals surface area contributed by atoms with E-state index in [-0.39, 0.29) is 0 Å². The molecular weight excluding hydrogens is 366 g/mol. The van der Waals surface area contributed by atoms with Crippen molar-refractivity contribution in [1.82, 2.24) is 14.7 Å². The lowest BCUT2D eigenvalue weighted by atomic mass is 9.56. The highest BCUT2D eigenvalue weighted by Crippen LogP contribution is 2.56. The number of allylic oxidation sites excluding steroid dienone is 3. The summed E-state index contributed by atoms with van der Waals surface area (Å²) in [5, 5.41) is 0. The van der Waals surface area contributed by atoms with Crippen LogP contribution in [0.15, 0.2) is 35.5 Å². The Labute approximate surface area is 184 Å². The lowest BCUT2D eigenvalue weighted by Crippen LogP contribution is -2.55. The van der Waals surface area contributed by atoms with Gasteiger partial charge in [-0.1, -0.05) is 44.1 Å². The van der Waals surface area contributed by atoms with Crippen LogP contribution in [0.5, 0.6) is 0 Å². The van der Waals surface area contributed by atoms with Crippen molar-refractivity contribution in [2.75, 3.05) is 59.4 Å². The Hall–Kier alpha value is -0.900. The van der Waals surface area contributed by atoms with Crippen LogP contribution in [-0.4, -0.2) is 74.1 Å². The Bertz CT molecular complexity index is 687. The van der Waals surface area contributed by atoms with Crippen molar-refractivity contribution < 1.29 is 0 Å². The summed E-state index contributed by atoms with van der Waals surface area (Å²) in [7, 11) is 2.26. The van der Waals surface area contributed by atoms with E-state index in [4.69, 9.17) is 0 Å². The molecule has 0 aromatic carbocycles. The lowest BCUT2D eigenvalue weighted by molar-refractivity contribution is 0.00684. The molecule has 5 aliphatic rings. The van der Waals surface area contributed by atoms with Gasteiger partial charge in [-0.2, -0.15) is 0 Å². The minimum atomic E-state index is 0.397. The summed E-state index contributed by atoms with van der Waals surface area (Å²) in [4.78, 5) is 8.04. The first-order chi connectivity index (χ1) is 14.7. The Morgan fingerprint density at radius 1 is 0.933 bits per heavy atom. The molecule has 0 bridgehead atoms. The third-order valence-corrected chi connectivity index (χ3v) is 9.11. The maximum absolute atomic E-state index is 2.80. The van der Waals surface area contributed by atoms with Crippen LogP contribution in [0.25, 0.3) is 0 Å². The summed E-state index contributed by atoms with van der Waals surface area (Å²) in [6.45, 7) is 12.6. The number of piperidine rings is 1. The van der Waals surface area contributed by atoms with Crippen molar-refractivity contribution >= 4 is 0 Å². The first-order valence-electron chi connectivity index (χ1n) is 12.9. The number of hydrogen-bond acceptors (Lipinski definition) is 3. The first-order valence-corrected chi connectivity index (χ1v) is 12.9. The molecule has 166 valence electrons. The Morgan fingerprint density at radius 3 is 2.33 bits per heavy atom. The van der Waals surface area contributed by atoms with Crippen LogP contribution in [0, 0.1) is 23.2 Å². The van der Waals surface area contributed by atoms with E-state index >= 15 is 0 Å². The van der Waals surface area contributed by atoms with Gasteiger partial charge in [0.15, 0.2) is 0 Å². The molecule has 30 heavy (non-hydrogen) atoms.